The van der Waals surface area contributed by atoms with Crippen molar-refractivity contribution in [2.45, 2.75) is 26.8 Å². The summed E-state index contributed by atoms with van der Waals surface area (Å²) in [5.41, 5.74) is 6.39. The van der Waals surface area contributed by atoms with Crippen LogP contribution in [0, 0.1) is 6.92 Å². The van der Waals surface area contributed by atoms with E-state index >= 15 is 0 Å². The Morgan fingerprint density at radius 2 is 2.25 bits per heavy atom. The van der Waals surface area contributed by atoms with Gasteiger partial charge in [-0.05, 0) is 20.8 Å². The van der Waals surface area contributed by atoms with Gasteiger partial charge in [0.2, 0.25) is 5.91 Å². The number of likely N-dealkylation sites (N-methyl/N-ethyl adjacent to an activating group) is 1. The van der Waals surface area contributed by atoms with Crippen LogP contribution < -0.4 is 16.4 Å². The van der Waals surface area contributed by atoms with Crippen LogP contribution in [0.1, 0.15) is 19.4 Å². The van der Waals surface area contributed by atoms with Crippen molar-refractivity contribution < 1.29 is 4.79 Å². The zero-order valence-corrected chi connectivity index (χ0v) is 9.74. The average molecular weight is 223 g/mol. The van der Waals surface area contributed by atoms with Gasteiger partial charge in [-0.1, -0.05) is 0 Å². The molecule has 0 aliphatic rings. The van der Waals surface area contributed by atoms with Gasteiger partial charge in [0.05, 0.1) is 0 Å². The van der Waals surface area contributed by atoms with Gasteiger partial charge >= 0.3 is 0 Å². The van der Waals surface area contributed by atoms with Crippen LogP contribution in [0.4, 0.5) is 11.6 Å². The smallest absolute Gasteiger partial charge is 0.242 e. The van der Waals surface area contributed by atoms with Crippen molar-refractivity contribution in [3.05, 3.63) is 11.9 Å². The Morgan fingerprint density at radius 1 is 1.56 bits per heavy atom. The molecule has 1 aromatic rings. The molecule has 0 bridgehead atoms. The van der Waals surface area contributed by atoms with Crippen molar-refractivity contribution >= 4 is 17.5 Å². The molecular weight excluding hydrogens is 206 g/mol. The fourth-order valence-corrected chi connectivity index (χ4v) is 1.21. The van der Waals surface area contributed by atoms with E-state index in [0.29, 0.717) is 18.2 Å². The molecule has 1 heterocycles. The Labute approximate surface area is 94.7 Å². The predicted octanol–water partition coefficient (Wildman–Crippen LogP) is 0.304. The molecule has 0 saturated carbocycles. The summed E-state index contributed by atoms with van der Waals surface area (Å²) >= 11 is 0. The highest BCUT2D eigenvalue weighted by Gasteiger charge is 2.13. The molecule has 0 aliphatic carbocycles. The van der Waals surface area contributed by atoms with E-state index < -0.39 is 0 Å². The number of carbonyl (C=O) groups excluding carboxylic acids is 1. The van der Waals surface area contributed by atoms with E-state index in [4.69, 9.17) is 5.73 Å². The quantitative estimate of drug-likeness (QED) is 0.683. The molecule has 0 radical (unpaired) electrons. The Kier molecular flexibility index (Phi) is 4.04. The van der Waals surface area contributed by atoms with E-state index in [1.165, 1.54) is 6.33 Å². The van der Waals surface area contributed by atoms with Crippen molar-refractivity contribution in [2.24, 2.45) is 0 Å². The number of aromatic nitrogens is 2. The van der Waals surface area contributed by atoms with Gasteiger partial charge in [0.15, 0.2) is 0 Å². The molecule has 0 aromatic carbocycles. The maximum absolute atomic E-state index is 11.5. The minimum absolute atomic E-state index is 0.0703. The third-order valence-electron chi connectivity index (χ3n) is 2.22. The normalized spacial score (nSPS) is 11.9. The lowest BCUT2D eigenvalue weighted by Crippen LogP contribution is -2.37. The van der Waals surface area contributed by atoms with Crippen molar-refractivity contribution in [1.29, 1.82) is 0 Å². The van der Waals surface area contributed by atoms with Gasteiger partial charge in [0.25, 0.3) is 0 Å². The Hall–Kier alpha value is -1.85. The highest BCUT2D eigenvalue weighted by molar-refractivity contribution is 5.84. The van der Waals surface area contributed by atoms with E-state index in [1.54, 1.807) is 6.92 Å². The van der Waals surface area contributed by atoms with Crippen LogP contribution in [0.15, 0.2) is 6.33 Å². The number of carbonyl (C=O) groups is 1. The number of nitrogens with one attached hydrogen (secondary N) is 2. The Balaban J connectivity index is 2.73. The molecule has 1 aromatic heterocycles. The number of rotatable bonds is 4. The first-order chi connectivity index (χ1) is 7.56. The maximum atomic E-state index is 11.5. The summed E-state index contributed by atoms with van der Waals surface area (Å²) in [5.74, 6) is 0.936. The van der Waals surface area contributed by atoms with E-state index in [2.05, 4.69) is 20.6 Å². The van der Waals surface area contributed by atoms with E-state index in [1.807, 2.05) is 13.8 Å². The van der Waals surface area contributed by atoms with Crippen molar-refractivity contribution in [3.63, 3.8) is 0 Å². The molecule has 0 fully saturated rings. The van der Waals surface area contributed by atoms with E-state index in [0.717, 1.165) is 5.56 Å². The molecule has 0 aliphatic heterocycles. The second-order valence-electron chi connectivity index (χ2n) is 3.49. The Morgan fingerprint density at radius 3 is 2.88 bits per heavy atom. The highest BCUT2D eigenvalue weighted by atomic mass is 16.2. The van der Waals surface area contributed by atoms with Crippen LogP contribution in [0.5, 0.6) is 0 Å². The molecule has 1 atom stereocenters. The largest absolute Gasteiger partial charge is 0.383 e. The summed E-state index contributed by atoms with van der Waals surface area (Å²) < 4.78 is 0. The van der Waals surface area contributed by atoms with Crippen LogP contribution in [0.3, 0.4) is 0 Å². The summed E-state index contributed by atoms with van der Waals surface area (Å²) in [6, 6.07) is -0.354. The van der Waals surface area contributed by atoms with Gasteiger partial charge < -0.3 is 16.4 Å². The highest BCUT2D eigenvalue weighted by Crippen LogP contribution is 2.15. The standard InChI is InChI=1S/C10H17N5O/c1-4-12-10(16)7(3)15-9-6(2)8(11)13-5-14-9/h5,7H,4H2,1-3H3,(H,12,16)(H3,11,13,14,15). The average Bonchev–Trinajstić information content (AvgIpc) is 2.25. The number of nitrogen functional groups attached to an aromatic ring is 1. The maximum Gasteiger partial charge on any atom is 0.242 e. The van der Waals surface area contributed by atoms with Crippen molar-refractivity contribution in [1.82, 2.24) is 15.3 Å². The first-order valence-electron chi connectivity index (χ1n) is 5.17. The monoisotopic (exact) mass is 223 g/mol. The zero-order valence-electron chi connectivity index (χ0n) is 9.74. The number of nitrogens with two attached hydrogens (primary N) is 1. The van der Waals surface area contributed by atoms with Crippen LogP contribution in [-0.2, 0) is 4.79 Å². The van der Waals surface area contributed by atoms with E-state index in [9.17, 15) is 4.79 Å². The third-order valence-corrected chi connectivity index (χ3v) is 2.22. The summed E-state index contributed by atoms with van der Waals surface area (Å²) in [6.45, 7) is 6.05. The molecule has 6 heteroatoms. The number of hydrogen-bond acceptors (Lipinski definition) is 5. The lowest BCUT2D eigenvalue weighted by molar-refractivity contribution is -0.121. The number of nitrogens with zero attached hydrogens (tertiary/aromatic N) is 2. The molecule has 1 amide bonds. The van der Waals surface area contributed by atoms with Crippen LogP contribution >= 0.6 is 0 Å². The lowest BCUT2D eigenvalue weighted by Gasteiger charge is -2.15. The molecule has 0 spiro atoms. The van der Waals surface area contributed by atoms with Crippen LogP contribution in [0.25, 0.3) is 0 Å². The second-order valence-corrected chi connectivity index (χ2v) is 3.49. The molecule has 0 saturated heterocycles. The first kappa shape index (κ1) is 12.2. The molecular formula is C10H17N5O. The van der Waals surface area contributed by atoms with Gasteiger partial charge in [-0.25, -0.2) is 9.97 Å². The van der Waals surface area contributed by atoms with Crippen LogP contribution in [0.2, 0.25) is 0 Å². The summed E-state index contributed by atoms with van der Waals surface area (Å²) in [5, 5.41) is 5.72. The summed E-state index contributed by atoms with van der Waals surface area (Å²) in [6.07, 6.45) is 1.37. The van der Waals surface area contributed by atoms with Crippen LogP contribution in [-0.4, -0.2) is 28.5 Å². The van der Waals surface area contributed by atoms with Gasteiger partial charge in [-0.15, -0.1) is 0 Å². The number of hydrogen-bond donors (Lipinski definition) is 3. The third kappa shape index (κ3) is 2.82. The minimum atomic E-state index is -0.354. The second kappa shape index (κ2) is 5.29. The van der Waals surface area contributed by atoms with Gasteiger partial charge in [-0.3, -0.25) is 4.79 Å². The number of amides is 1. The first-order valence-corrected chi connectivity index (χ1v) is 5.17. The molecule has 6 nitrogen and oxygen atoms in total. The van der Waals surface area contributed by atoms with E-state index in [-0.39, 0.29) is 11.9 Å². The number of anilines is 2. The SMILES string of the molecule is CCNC(=O)C(C)Nc1ncnc(N)c1C. The van der Waals surface area contributed by atoms with Gasteiger partial charge in [-0.2, -0.15) is 0 Å². The topological polar surface area (TPSA) is 92.9 Å². The lowest BCUT2D eigenvalue weighted by atomic mass is 10.2. The molecule has 16 heavy (non-hydrogen) atoms. The van der Waals surface area contributed by atoms with Gasteiger partial charge in [0.1, 0.15) is 24.0 Å². The molecule has 88 valence electrons. The summed E-state index contributed by atoms with van der Waals surface area (Å²) in [4.78, 5) is 19.4. The minimum Gasteiger partial charge on any atom is -0.383 e. The molecule has 1 unspecified atom stereocenters. The molecule has 4 N–H and O–H groups in total. The predicted molar refractivity (Wildman–Crippen MR) is 62.9 cm³/mol. The molecule has 1 rings (SSSR count). The fraction of sp³-hybridized carbons (Fsp3) is 0.500. The fourth-order valence-electron chi connectivity index (χ4n) is 1.21. The Bertz CT molecular complexity index is 379. The van der Waals surface area contributed by atoms with Crippen molar-refractivity contribution in [2.75, 3.05) is 17.6 Å². The summed E-state index contributed by atoms with van der Waals surface area (Å²) in [7, 11) is 0. The van der Waals surface area contributed by atoms with Crippen molar-refractivity contribution in [3.8, 4) is 0 Å². The zero-order chi connectivity index (χ0) is 12.1. The van der Waals surface area contributed by atoms with Gasteiger partial charge in [0, 0.05) is 12.1 Å².